The van der Waals surface area contributed by atoms with Crippen molar-refractivity contribution in [1.82, 2.24) is 5.01 Å². The maximum Gasteiger partial charge on any atom is 0.336 e. The minimum Gasteiger partial charge on any atom is -0.478 e. The molecule has 0 spiro atoms. The highest BCUT2D eigenvalue weighted by Crippen LogP contribution is 2.23. The monoisotopic (exact) mass is 263 g/mol. The largest absolute Gasteiger partial charge is 0.478 e. The second kappa shape index (κ2) is 4.97. The Morgan fingerprint density at radius 1 is 1.32 bits per heavy atom. The molecule has 0 fully saturated rings. The summed E-state index contributed by atoms with van der Waals surface area (Å²) in [4.78, 5) is 26.2. The second-order valence-corrected chi connectivity index (χ2v) is 4.13. The first-order valence-corrected chi connectivity index (χ1v) is 5.63. The maximum atomic E-state index is 11.1. The smallest absolute Gasteiger partial charge is 0.336 e. The quantitative estimate of drug-likeness (QED) is 0.750. The number of nitrogens with zero attached hydrogens (tertiary/aromatic N) is 2. The van der Waals surface area contributed by atoms with E-state index in [9.17, 15) is 9.59 Å². The van der Waals surface area contributed by atoms with Crippen LogP contribution in [0.2, 0.25) is 0 Å². The maximum absolute atomic E-state index is 11.1. The average molecular weight is 263 g/mol. The van der Waals surface area contributed by atoms with Crippen LogP contribution in [-0.2, 0) is 0 Å². The van der Waals surface area contributed by atoms with Gasteiger partial charge in [-0.1, -0.05) is 0 Å². The Morgan fingerprint density at radius 2 is 2.05 bits per heavy atom. The molecular weight excluding hydrogens is 250 g/mol. The van der Waals surface area contributed by atoms with Crippen LogP contribution in [0.3, 0.4) is 0 Å². The molecule has 0 saturated carbocycles. The Hall–Kier alpha value is -2.57. The van der Waals surface area contributed by atoms with Gasteiger partial charge in [-0.05, 0) is 24.6 Å². The van der Waals surface area contributed by atoms with Gasteiger partial charge in [-0.2, -0.15) is 0 Å². The molecule has 0 bridgehead atoms. The van der Waals surface area contributed by atoms with E-state index in [-0.39, 0.29) is 11.1 Å². The molecule has 2 rings (SSSR count). The molecule has 1 aromatic carbocycles. The summed E-state index contributed by atoms with van der Waals surface area (Å²) in [5, 5.41) is 19.8. The molecule has 0 atom stereocenters. The molecule has 7 nitrogen and oxygen atoms in total. The third-order valence-electron chi connectivity index (χ3n) is 2.84. The average Bonchev–Trinajstić information content (AvgIpc) is 2.83. The molecule has 0 amide bonds. The third-order valence-corrected chi connectivity index (χ3v) is 2.84. The number of hydrogen-bond acceptors (Lipinski definition) is 5. The van der Waals surface area contributed by atoms with Crippen LogP contribution in [0, 0.1) is 6.92 Å². The van der Waals surface area contributed by atoms with Crippen LogP contribution < -0.4 is 5.43 Å². The van der Waals surface area contributed by atoms with Crippen LogP contribution in [-0.4, -0.2) is 46.6 Å². The summed E-state index contributed by atoms with van der Waals surface area (Å²) >= 11 is 0. The Bertz CT molecular complexity index is 568. The number of aromatic carboxylic acids is 2. The minimum absolute atomic E-state index is 0.0291. The lowest BCUT2D eigenvalue weighted by Gasteiger charge is -2.19. The number of nitrogens with one attached hydrogen (secondary N) is 1. The topological polar surface area (TPSA) is 102 Å². The zero-order chi connectivity index (χ0) is 14.0. The van der Waals surface area contributed by atoms with Gasteiger partial charge in [0.25, 0.3) is 0 Å². The van der Waals surface area contributed by atoms with Crippen molar-refractivity contribution in [1.29, 1.82) is 0 Å². The summed E-state index contributed by atoms with van der Waals surface area (Å²) in [5.74, 6) is -2.32. The van der Waals surface area contributed by atoms with E-state index in [4.69, 9.17) is 10.2 Å². The summed E-state index contributed by atoms with van der Waals surface area (Å²) < 4.78 is 0. The van der Waals surface area contributed by atoms with Crippen molar-refractivity contribution >= 4 is 24.0 Å². The van der Waals surface area contributed by atoms with E-state index in [0.717, 1.165) is 6.07 Å². The van der Waals surface area contributed by atoms with Crippen molar-refractivity contribution in [3.8, 4) is 0 Å². The second-order valence-electron chi connectivity index (χ2n) is 4.13. The normalized spacial score (nSPS) is 13.6. The zero-order valence-electron chi connectivity index (χ0n) is 10.3. The van der Waals surface area contributed by atoms with Gasteiger partial charge in [0.1, 0.15) is 6.34 Å². The van der Waals surface area contributed by atoms with Gasteiger partial charge in [0.2, 0.25) is 0 Å². The Balaban J connectivity index is 2.42. The fraction of sp³-hybridized carbons (Fsp3) is 0.250. The molecule has 0 aromatic heterocycles. The SMILES string of the molecule is Cc1c(NN2C=NCC2)cc(C(=O)O)cc1C(=O)O. The molecular formula is C12H13N3O4. The van der Waals surface area contributed by atoms with Gasteiger partial charge in [0, 0.05) is 0 Å². The van der Waals surface area contributed by atoms with Crippen molar-refractivity contribution in [2.45, 2.75) is 6.92 Å². The first-order chi connectivity index (χ1) is 8.99. The molecule has 1 heterocycles. The lowest BCUT2D eigenvalue weighted by Crippen LogP contribution is -2.27. The summed E-state index contributed by atoms with van der Waals surface area (Å²) in [6.07, 6.45) is 1.59. The number of carbonyl (C=O) groups is 2. The van der Waals surface area contributed by atoms with E-state index in [1.54, 1.807) is 18.3 Å². The highest BCUT2D eigenvalue weighted by Gasteiger charge is 2.17. The fourth-order valence-corrected chi connectivity index (χ4v) is 1.79. The Labute approximate surface area is 109 Å². The zero-order valence-corrected chi connectivity index (χ0v) is 10.3. The number of carboxylic acids is 2. The van der Waals surface area contributed by atoms with Crippen LogP contribution >= 0.6 is 0 Å². The van der Waals surface area contributed by atoms with E-state index in [1.165, 1.54) is 6.07 Å². The summed E-state index contributed by atoms with van der Waals surface area (Å²) in [7, 11) is 0. The third kappa shape index (κ3) is 2.65. The lowest BCUT2D eigenvalue weighted by atomic mass is 10.0. The summed E-state index contributed by atoms with van der Waals surface area (Å²) in [6, 6.07) is 2.57. The molecule has 1 aromatic rings. The summed E-state index contributed by atoms with van der Waals surface area (Å²) in [5.41, 5.74) is 3.79. The lowest BCUT2D eigenvalue weighted by molar-refractivity contribution is 0.0695. The van der Waals surface area contributed by atoms with Crippen molar-refractivity contribution in [3.63, 3.8) is 0 Å². The number of aliphatic imine (C=N–C) groups is 1. The molecule has 3 N–H and O–H groups in total. The number of hydrogen-bond donors (Lipinski definition) is 3. The van der Waals surface area contributed by atoms with Crippen molar-refractivity contribution in [3.05, 3.63) is 28.8 Å². The number of rotatable bonds is 4. The van der Waals surface area contributed by atoms with Gasteiger partial charge in [-0.3, -0.25) is 15.4 Å². The van der Waals surface area contributed by atoms with Gasteiger partial charge >= 0.3 is 11.9 Å². The van der Waals surface area contributed by atoms with Crippen LogP contribution in [0.1, 0.15) is 26.3 Å². The molecule has 0 aliphatic carbocycles. The van der Waals surface area contributed by atoms with Crippen molar-refractivity contribution < 1.29 is 19.8 Å². The highest BCUT2D eigenvalue weighted by atomic mass is 16.4. The van der Waals surface area contributed by atoms with Gasteiger partial charge in [0.05, 0.1) is 29.9 Å². The first kappa shape index (κ1) is 12.9. The van der Waals surface area contributed by atoms with Crippen LogP contribution in [0.25, 0.3) is 0 Å². The molecule has 1 aliphatic rings. The molecule has 7 heteroatoms. The van der Waals surface area contributed by atoms with Crippen molar-refractivity contribution in [2.24, 2.45) is 4.99 Å². The number of hydrazine groups is 1. The Kier molecular flexibility index (Phi) is 3.37. The van der Waals surface area contributed by atoms with Gasteiger partial charge in [0.15, 0.2) is 0 Å². The van der Waals surface area contributed by atoms with Gasteiger partial charge < -0.3 is 10.2 Å². The standard InChI is InChI=1S/C12H13N3O4/c1-7-9(12(18)19)4-8(11(16)17)5-10(7)14-15-3-2-13-6-15/h4-6,14H,2-3H2,1H3,(H,16,17)(H,18,19). The molecule has 1 aliphatic heterocycles. The molecule has 0 unspecified atom stereocenters. The predicted molar refractivity (Wildman–Crippen MR) is 68.8 cm³/mol. The van der Waals surface area contributed by atoms with Crippen molar-refractivity contribution in [2.75, 3.05) is 18.5 Å². The number of benzene rings is 1. The fourth-order valence-electron chi connectivity index (χ4n) is 1.79. The molecule has 0 saturated heterocycles. The Morgan fingerprint density at radius 3 is 2.58 bits per heavy atom. The van der Waals surface area contributed by atoms with Crippen LogP contribution in [0.5, 0.6) is 0 Å². The van der Waals surface area contributed by atoms with E-state index in [2.05, 4.69) is 10.4 Å². The molecule has 0 radical (unpaired) electrons. The van der Waals surface area contributed by atoms with Gasteiger partial charge in [-0.25, -0.2) is 9.59 Å². The van der Waals surface area contributed by atoms with E-state index in [0.29, 0.717) is 24.3 Å². The van der Waals surface area contributed by atoms with Gasteiger partial charge in [-0.15, -0.1) is 0 Å². The minimum atomic E-state index is -1.17. The molecule has 19 heavy (non-hydrogen) atoms. The van der Waals surface area contributed by atoms with Crippen LogP contribution in [0.4, 0.5) is 5.69 Å². The highest BCUT2D eigenvalue weighted by molar-refractivity contribution is 5.97. The first-order valence-electron chi connectivity index (χ1n) is 5.63. The van der Waals surface area contributed by atoms with E-state index in [1.807, 2.05) is 0 Å². The summed E-state index contributed by atoms with van der Waals surface area (Å²) in [6.45, 7) is 2.93. The van der Waals surface area contributed by atoms with E-state index >= 15 is 0 Å². The van der Waals surface area contributed by atoms with Crippen LogP contribution in [0.15, 0.2) is 17.1 Å². The number of anilines is 1. The molecule has 100 valence electrons. The number of carboxylic acid groups (broad SMARTS) is 2. The predicted octanol–water partition coefficient (Wildman–Crippen LogP) is 1.06. The van der Waals surface area contributed by atoms with E-state index < -0.39 is 11.9 Å².